The number of guanidine groups is 1. The molecule has 0 aliphatic carbocycles. The fourth-order valence-electron chi connectivity index (χ4n) is 4.65. The van der Waals surface area contributed by atoms with Crippen molar-refractivity contribution >= 4 is 41.0 Å². The van der Waals surface area contributed by atoms with Gasteiger partial charge in [-0.3, -0.25) is 15.5 Å². The first-order valence-corrected chi connectivity index (χ1v) is 16.6. The summed E-state index contributed by atoms with van der Waals surface area (Å²) >= 11 is 0. The fraction of sp³-hybridized carbons (Fsp3) is 0.500. The van der Waals surface area contributed by atoms with E-state index in [0.29, 0.717) is 23.4 Å². The summed E-state index contributed by atoms with van der Waals surface area (Å²) in [6, 6.07) is 6.25. The van der Waals surface area contributed by atoms with E-state index >= 15 is 0 Å². The van der Waals surface area contributed by atoms with Crippen molar-refractivity contribution in [3.05, 3.63) is 52.7 Å². The van der Waals surface area contributed by atoms with Gasteiger partial charge < -0.3 is 28.5 Å². The van der Waals surface area contributed by atoms with Gasteiger partial charge in [0, 0.05) is 6.92 Å². The van der Waals surface area contributed by atoms with Crippen molar-refractivity contribution in [2.24, 2.45) is 0 Å². The summed E-state index contributed by atoms with van der Waals surface area (Å²) in [7, 11) is 0. The minimum atomic E-state index is -5.08. The molecule has 0 saturated heterocycles. The molecule has 0 fully saturated rings. The SMILES string of the molecule is CC(=O)c1c(OCCN(C(=N)NC(=O)OC(C)(C)C)C(=O)OC(C)(C)C)c(OCCC(C)c2ccc(F)cc2)c2oc(C)nc2c1C.O=C(O)C(F)(F)F. The monoisotopic (exact) mass is 770 g/mol. The highest BCUT2D eigenvalue weighted by atomic mass is 19.4. The predicted molar refractivity (Wildman–Crippen MR) is 188 cm³/mol. The number of hydrogen-bond acceptors (Lipinski definition) is 11. The van der Waals surface area contributed by atoms with Gasteiger partial charge in [0.15, 0.2) is 17.4 Å². The quantitative estimate of drug-likeness (QED) is 0.0782. The minimum absolute atomic E-state index is 0.0236. The second-order valence-electron chi connectivity index (χ2n) is 14.0. The van der Waals surface area contributed by atoms with Gasteiger partial charge in [-0.25, -0.2) is 28.7 Å². The molecule has 1 aromatic heterocycles. The summed E-state index contributed by atoms with van der Waals surface area (Å²) in [5.41, 5.74) is 0.676. The second-order valence-corrected chi connectivity index (χ2v) is 14.0. The van der Waals surface area contributed by atoms with Gasteiger partial charge in [-0.05, 0) is 91.0 Å². The van der Waals surface area contributed by atoms with Gasteiger partial charge in [-0.15, -0.1) is 0 Å². The number of oxazole rings is 1. The highest BCUT2D eigenvalue weighted by molar-refractivity contribution is 6.05. The maximum atomic E-state index is 13.4. The molecule has 2 amide bonds. The maximum Gasteiger partial charge on any atom is 0.490 e. The number of carboxylic acid groups (broad SMARTS) is 1. The largest absolute Gasteiger partial charge is 0.490 e. The molecule has 1 atom stereocenters. The van der Waals surface area contributed by atoms with Crippen molar-refractivity contribution in [2.75, 3.05) is 19.8 Å². The first-order chi connectivity index (χ1) is 24.7. The van der Waals surface area contributed by atoms with Crippen LogP contribution in [0.5, 0.6) is 11.5 Å². The molecule has 3 aromatic rings. The van der Waals surface area contributed by atoms with E-state index in [9.17, 15) is 31.9 Å². The van der Waals surface area contributed by atoms with Crippen LogP contribution in [-0.4, -0.2) is 82.0 Å². The predicted octanol–water partition coefficient (Wildman–Crippen LogP) is 8.07. The van der Waals surface area contributed by atoms with Crippen LogP contribution in [0.4, 0.5) is 27.2 Å². The molecular formula is C36H46F4N4O10. The molecule has 3 N–H and O–H groups in total. The minimum Gasteiger partial charge on any atom is -0.487 e. The normalized spacial score (nSPS) is 12.2. The number of nitrogens with zero attached hydrogens (tertiary/aromatic N) is 2. The molecule has 2 aromatic carbocycles. The van der Waals surface area contributed by atoms with E-state index in [1.807, 2.05) is 6.92 Å². The average Bonchev–Trinajstić information content (AvgIpc) is 3.40. The number of alkyl carbamates (subject to hydrolysis) is 1. The number of carbonyl (C=O) groups is 4. The van der Waals surface area contributed by atoms with Crippen LogP contribution in [0.2, 0.25) is 0 Å². The highest BCUT2D eigenvalue weighted by Crippen LogP contribution is 2.43. The summed E-state index contributed by atoms with van der Waals surface area (Å²) in [6.45, 7) is 16.5. The molecular weight excluding hydrogens is 724 g/mol. The Labute approximate surface area is 309 Å². The smallest absolute Gasteiger partial charge is 0.487 e. The third-order valence-electron chi connectivity index (χ3n) is 7.00. The van der Waals surface area contributed by atoms with Crippen LogP contribution in [0, 0.1) is 25.1 Å². The number of carbonyl (C=O) groups excluding carboxylic acids is 3. The van der Waals surface area contributed by atoms with E-state index in [1.54, 1.807) is 67.5 Å². The maximum absolute atomic E-state index is 13.4. The molecule has 14 nitrogen and oxygen atoms in total. The van der Waals surface area contributed by atoms with Crippen LogP contribution in [0.15, 0.2) is 28.7 Å². The number of ether oxygens (including phenoxy) is 4. The second kappa shape index (κ2) is 18.1. The van der Waals surface area contributed by atoms with E-state index in [1.165, 1.54) is 19.1 Å². The van der Waals surface area contributed by atoms with Crippen molar-refractivity contribution in [1.29, 1.82) is 5.41 Å². The summed E-state index contributed by atoms with van der Waals surface area (Å²) in [5, 5.41) is 17.8. The van der Waals surface area contributed by atoms with E-state index < -0.39 is 41.5 Å². The highest BCUT2D eigenvalue weighted by Gasteiger charge is 2.38. The molecule has 298 valence electrons. The molecule has 1 unspecified atom stereocenters. The van der Waals surface area contributed by atoms with Gasteiger partial charge in [0.1, 0.15) is 29.1 Å². The molecule has 0 saturated carbocycles. The standard InChI is InChI=1S/C34H45FN4O8.C2HF3O2/c1-19(23-11-13-24(35)14-12-23)15-17-43-29-27(25(21(3)40)20(2)26-28(29)45-22(4)37-26)44-18-16-39(32(42)47-34(8,9)10)30(36)38-31(41)46-33(5,6)7;3-2(4,5)1(6)7/h11-14,19H,15-18H2,1-10H3,(H2,36,38,41);(H,6,7). The summed E-state index contributed by atoms with van der Waals surface area (Å²) in [4.78, 5) is 52.7. The van der Waals surface area contributed by atoms with Crippen LogP contribution < -0.4 is 14.8 Å². The van der Waals surface area contributed by atoms with Crippen LogP contribution in [0.25, 0.3) is 11.1 Å². The van der Waals surface area contributed by atoms with Gasteiger partial charge in [0.25, 0.3) is 0 Å². The third-order valence-corrected chi connectivity index (χ3v) is 7.00. The van der Waals surface area contributed by atoms with Crippen molar-refractivity contribution in [2.45, 2.75) is 99.0 Å². The number of benzene rings is 2. The topological polar surface area (TPSA) is 191 Å². The number of carboxylic acids is 1. The lowest BCUT2D eigenvalue weighted by Crippen LogP contribution is -2.50. The van der Waals surface area contributed by atoms with Crippen LogP contribution >= 0.6 is 0 Å². The number of hydrogen-bond donors (Lipinski definition) is 3. The van der Waals surface area contributed by atoms with Gasteiger partial charge in [-0.1, -0.05) is 19.1 Å². The number of aliphatic carboxylic acids is 1. The first kappa shape index (κ1) is 44.7. The Bertz CT molecular complexity index is 1830. The number of halogens is 4. The Hall–Kier alpha value is -5.42. The number of aryl methyl sites for hydroxylation is 2. The number of rotatable bonds is 10. The average molecular weight is 771 g/mol. The molecule has 18 heteroatoms. The molecule has 54 heavy (non-hydrogen) atoms. The summed E-state index contributed by atoms with van der Waals surface area (Å²) in [6.07, 6.45) is -6.37. The fourth-order valence-corrected chi connectivity index (χ4v) is 4.65. The van der Waals surface area contributed by atoms with Gasteiger partial charge in [-0.2, -0.15) is 13.2 Å². The number of amides is 2. The van der Waals surface area contributed by atoms with Crippen molar-refractivity contribution in [3.63, 3.8) is 0 Å². The Kier molecular flexibility index (Phi) is 15.0. The zero-order valence-electron chi connectivity index (χ0n) is 31.7. The van der Waals surface area contributed by atoms with Crippen molar-refractivity contribution in [1.82, 2.24) is 15.2 Å². The van der Waals surface area contributed by atoms with Gasteiger partial charge in [0.05, 0.1) is 18.7 Å². The van der Waals surface area contributed by atoms with Crippen LogP contribution in [0.1, 0.15) is 95.1 Å². The number of nitrogens with one attached hydrogen (secondary N) is 2. The van der Waals surface area contributed by atoms with E-state index in [4.69, 9.17) is 38.7 Å². The zero-order valence-corrected chi connectivity index (χ0v) is 31.7. The van der Waals surface area contributed by atoms with E-state index in [0.717, 1.165) is 10.5 Å². The van der Waals surface area contributed by atoms with Crippen LogP contribution in [0.3, 0.4) is 0 Å². The summed E-state index contributed by atoms with van der Waals surface area (Å²) in [5.74, 6) is -3.35. The zero-order chi connectivity index (χ0) is 41.3. The Morgan fingerprint density at radius 3 is 1.98 bits per heavy atom. The number of Topliss-reactive ketones (excluding diaryl/α,β-unsaturated/α-hetero) is 1. The number of fused-ring (bicyclic) bond motifs is 1. The molecule has 3 rings (SSSR count). The van der Waals surface area contributed by atoms with Gasteiger partial charge in [0.2, 0.25) is 17.3 Å². The van der Waals surface area contributed by atoms with Crippen molar-refractivity contribution < 1.29 is 65.2 Å². The molecule has 1 heterocycles. The number of alkyl halides is 3. The molecule has 0 bridgehead atoms. The molecule has 0 radical (unpaired) electrons. The number of aromatic nitrogens is 1. The molecule has 0 aliphatic heterocycles. The Morgan fingerprint density at radius 1 is 0.944 bits per heavy atom. The molecule has 0 aliphatic rings. The molecule has 0 spiro atoms. The first-order valence-electron chi connectivity index (χ1n) is 16.6. The Balaban J connectivity index is 0.00000131. The van der Waals surface area contributed by atoms with Crippen LogP contribution in [-0.2, 0) is 14.3 Å². The van der Waals surface area contributed by atoms with E-state index in [-0.39, 0.29) is 59.9 Å². The van der Waals surface area contributed by atoms with Gasteiger partial charge >= 0.3 is 24.3 Å². The summed E-state index contributed by atoms with van der Waals surface area (Å²) < 4.78 is 74.2. The third kappa shape index (κ3) is 13.5. The van der Waals surface area contributed by atoms with E-state index in [2.05, 4.69) is 10.3 Å². The lowest BCUT2D eigenvalue weighted by molar-refractivity contribution is -0.192. The lowest BCUT2D eigenvalue weighted by atomic mass is 9.98. The lowest BCUT2D eigenvalue weighted by Gasteiger charge is -2.28. The van der Waals surface area contributed by atoms with Crippen molar-refractivity contribution in [3.8, 4) is 11.5 Å². The Morgan fingerprint density at radius 2 is 1.48 bits per heavy atom. The number of ketones is 1.